The fraction of sp³-hybridized carbons (Fsp3) is 0.316. The molecule has 0 aliphatic carbocycles. The van der Waals surface area contributed by atoms with E-state index in [1.165, 1.54) is 5.56 Å². The Morgan fingerprint density at radius 2 is 1.60 bits per heavy atom. The van der Waals surface area contributed by atoms with Crippen molar-refractivity contribution >= 4 is 30.7 Å². The van der Waals surface area contributed by atoms with Gasteiger partial charge in [-0.2, -0.15) is 0 Å². The molecule has 1 atom stereocenters. The van der Waals surface area contributed by atoms with Crippen LogP contribution in [0.4, 0.5) is 0 Å². The number of carbonyl (C=O) groups excluding carboxylic acids is 1. The molecule has 1 amide bonds. The normalized spacial score (nSPS) is 11.2. The second-order valence-corrected chi connectivity index (χ2v) is 6.07. The molecule has 0 radical (unpaired) electrons. The summed E-state index contributed by atoms with van der Waals surface area (Å²) in [7, 11) is 4.08. The van der Waals surface area contributed by atoms with Gasteiger partial charge in [-0.25, -0.2) is 0 Å². The van der Waals surface area contributed by atoms with Gasteiger partial charge in [0, 0.05) is 13.1 Å². The lowest BCUT2D eigenvalue weighted by Crippen LogP contribution is -2.41. The Labute approximate surface area is 162 Å². The summed E-state index contributed by atoms with van der Waals surface area (Å²) in [5, 5.41) is 2.92. The highest BCUT2D eigenvalue weighted by Crippen LogP contribution is 2.07. The topological polar surface area (TPSA) is 58.4 Å². The Balaban J connectivity index is 0.00000288. The van der Waals surface area contributed by atoms with Crippen molar-refractivity contribution < 1.29 is 4.79 Å². The number of rotatable bonds is 7. The second-order valence-electron chi connectivity index (χ2n) is 6.07. The van der Waals surface area contributed by atoms with Crippen LogP contribution in [0.25, 0.3) is 0 Å². The highest BCUT2D eigenvalue weighted by Gasteiger charge is 2.13. The predicted molar refractivity (Wildman–Crippen MR) is 108 cm³/mol. The van der Waals surface area contributed by atoms with E-state index in [0.717, 1.165) is 17.7 Å². The van der Waals surface area contributed by atoms with Gasteiger partial charge in [-0.1, -0.05) is 54.6 Å². The predicted octanol–water partition coefficient (Wildman–Crippen LogP) is 2.78. The van der Waals surface area contributed by atoms with Crippen molar-refractivity contribution in [2.75, 3.05) is 14.1 Å². The van der Waals surface area contributed by atoms with Crippen LogP contribution in [0.5, 0.6) is 0 Å². The van der Waals surface area contributed by atoms with Crippen LogP contribution in [0, 0.1) is 0 Å². The lowest BCUT2D eigenvalue weighted by Gasteiger charge is -2.14. The summed E-state index contributed by atoms with van der Waals surface area (Å²) in [4.78, 5) is 14.3. The van der Waals surface area contributed by atoms with Crippen LogP contribution in [0.15, 0.2) is 54.6 Å². The molecule has 0 aliphatic heterocycles. The number of carbonyl (C=O) groups is 1. The van der Waals surface area contributed by atoms with Gasteiger partial charge in [0.1, 0.15) is 0 Å². The van der Waals surface area contributed by atoms with Crippen LogP contribution in [0.1, 0.15) is 16.7 Å². The SMILES string of the molecule is CN(C)Cc1cccc(CNC(=O)C(N)Cc2ccccc2)c1.Cl.Cl. The minimum absolute atomic E-state index is 0. The third-order valence-electron chi connectivity index (χ3n) is 3.59. The Hall–Kier alpha value is -1.59. The fourth-order valence-electron chi connectivity index (χ4n) is 2.48. The minimum Gasteiger partial charge on any atom is -0.351 e. The molecule has 1 unspecified atom stereocenters. The summed E-state index contributed by atoms with van der Waals surface area (Å²) in [6, 6.07) is 17.5. The molecule has 0 bridgehead atoms. The summed E-state index contributed by atoms with van der Waals surface area (Å²) >= 11 is 0. The first-order valence-corrected chi connectivity index (χ1v) is 7.84. The van der Waals surface area contributed by atoms with Crippen LogP contribution < -0.4 is 11.1 Å². The van der Waals surface area contributed by atoms with Crippen LogP contribution in [-0.4, -0.2) is 30.9 Å². The van der Waals surface area contributed by atoms with Crippen LogP contribution >= 0.6 is 24.8 Å². The molecule has 0 spiro atoms. The molecular formula is C19H27Cl2N3O. The van der Waals surface area contributed by atoms with E-state index in [-0.39, 0.29) is 30.7 Å². The highest BCUT2D eigenvalue weighted by molar-refractivity contribution is 5.85. The van der Waals surface area contributed by atoms with Crippen LogP contribution in [-0.2, 0) is 24.3 Å². The number of amides is 1. The number of nitrogens with two attached hydrogens (primary N) is 1. The van der Waals surface area contributed by atoms with E-state index in [4.69, 9.17) is 5.73 Å². The van der Waals surface area contributed by atoms with Crippen molar-refractivity contribution in [1.82, 2.24) is 10.2 Å². The number of nitrogens with one attached hydrogen (secondary N) is 1. The molecule has 0 aromatic heterocycles. The van der Waals surface area contributed by atoms with E-state index in [1.54, 1.807) is 0 Å². The zero-order valence-electron chi connectivity index (χ0n) is 14.6. The first kappa shape index (κ1) is 23.4. The summed E-state index contributed by atoms with van der Waals surface area (Å²) in [6.07, 6.45) is 0.549. The molecule has 138 valence electrons. The Bertz CT molecular complexity index is 636. The zero-order chi connectivity index (χ0) is 16.7. The minimum atomic E-state index is -0.526. The van der Waals surface area contributed by atoms with Gasteiger partial charge in [-0.05, 0) is 37.2 Å². The maximum atomic E-state index is 12.1. The average molecular weight is 384 g/mol. The maximum absolute atomic E-state index is 12.1. The van der Waals surface area contributed by atoms with Crippen molar-refractivity contribution in [2.45, 2.75) is 25.6 Å². The first-order valence-electron chi connectivity index (χ1n) is 7.84. The summed E-state index contributed by atoms with van der Waals surface area (Å²) < 4.78 is 0. The maximum Gasteiger partial charge on any atom is 0.237 e. The van der Waals surface area contributed by atoms with Gasteiger partial charge in [-0.3, -0.25) is 4.79 Å². The summed E-state index contributed by atoms with van der Waals surface area (Å²) in [5.74, 6) is -0.119. The van der Waals surface area contributed by atoms with Crippen molar-refractivity contribution in [3.63, 3.8) is 0 Å². The van der Waals surface area contributed by atoms with Gasteiger partial charge in [0.15, 0.2) is 0 Å². The number of hydrogen-bond donors (Lipinski definition) is 2. The van der Waals surface area contributed by atoms with E-state index in [9.17, 15) is 4.79 Å². The van der Waals surface area contributed by atoms with Crippen LogP contribution in [0.2, 0.25) is 0 Å². The zero-order valence-corrected chi connectivity index (χ0v) is 16.3. The van der Waals surface area contributed by atoms with Gasteiger partial charge < -0.3 is 16.0 Å². The Kier molecular flexibility index (Phi) is 11.1. The highest BCUT2D eigenvalue weighted by atomic mass is 35.5. The second kappa shape index (κ2) is 11.9. The molecule has 25 heavy (non-hydrogen) atoms. The quantitative estimate of drug-likeness (QED) is 0.772. The van der Waals surface area contributed by atoms with Gasteiger partial charge in [0.25, 0.3) is 0 Å². The van der Waals surface area contributed by atoms with Crippen LogP contribution in [0.3, 0.4) is 0 Å². The largest absolute Gasteiger partial charge is 0.351 e. The van der Waals surface area contributed by atoms with Crippen molar-refractivity contribution in [3.05, 3.63) is 71.3 Å². The third kappa shape index (κ3) is 8.36. The monoisotopic (exact) mass is 383 g/mol. The molecule has 3 N–H and O–H groups in total. The third-order valence-corrected chi connectivity index (χ3v) is 3.59. The van der Waals surface area contributed by atoms with E-state index in [2.05, 4.69) is 22.3 Å². The molecule has 4 nitrogen and oxygen atoms in total. The lowest BCUT2D eigenvalue weighted by atomic mass is 10.1. The van der Waals surface area contributed by atoms with Gasteiger partial charge >= 0.3 is 0 Å². The van der Waals surface area contributed by atoms with Crippen molar-refractivity contribution in [2.24, 2.45) is 5.73 Å². The molecule has 0 aliphatic rings. The van der Waals surface area contributed by atoms with Crippen molar-refractivity contribution in [3.8, 4) is 0 Å². The van der Waals surface area contributed by atoms with E-state index in [1.807, 2.05) is 56.6 Å². The molecule has 0 heterocycles. The van der Waals surface area contributed by atoms with Gasteiger partial charge in [0.05, 0.1) is 6.04 Å². The number of nitrogens with zero attached hydrogens (tertiary/aromatic N) is 1. The van der Waals surface area contributed by atoms with Crippen molar-refractivity contribution in [1.29, 1.82) is 0 Å². The molecular weight excluding hydrogens is 357 g/mol. The Morgan fingerprint density at radius 3 is 2.24 bits per heavy atom. The molecule has 6 heteroatoms. The summed E-state index contributed by atoms with van der Waals surface area (Å²) in [5.41, 5.74) is 9.38. The number of halogens is 2. The van der Waals surface area contributed by atoms with E-state index in [0.29, 0.717) is 13.0 Å². The smallest absolute Gasteiger partial charge is 0.237 e. The summed E-state index contributed by atoms with van der Waals surface area (Å²) in [6.45, 7) is 1.39. The van der Waals surface area contributed by atoms with Gasteiger partial charge in [0.2, 0.25) is 5.91 Å². The van der Waals surface area contributed by atoms with E-state index < -0.39 is 6.04 Å². The number of benzene rings is 2. The fourth-order valence-corrected chi connectivity index (χ4v) is 2.48. The molecule has 0 fully saturated rings. The van der Waals surface area contributed by atoms with Gasteiger partial charge in [-0.15, -0.1) is 24.8 Å². The molecule has 0 saturated heterocycles. The molecule has 2 aromatic carbocycles. The average Bonchev–Trinajstić information content (AvgIpc) is 2.53. The molecule has 2 rings (SSSR count). The number of hydrogen-bond acceptors (Lipinski definition) is 3. The Morgan fingerprint density at radius 1 is 1.00 bits per heavy atom. The molecule has 0 saturated carbocycles. The molecule has 2 aromatic rings. The standard InChI is InChI=1S/C19H25N3O.2ClH/c1-22(2)14-17-10-6-9-16(11-17)13-21-19(23)18(20)12-15-7-4-3-5-8-15;;/h3-11,18H,12-14,20H2,1-2H3,(H,21,23);2*1H. The van der Waals surface area contributed by atoms with E-state index >= 15 is 0 Å². The first-order chi connectivity index (χ1) is 11.0. The lowest BCUT2D eigenvalue weighted by molar-refractivity contribution is -0.122.